The van der Waals surface area contributed by atoms with Crippen molar-refractivity contribution in [3.8, 4) is 0 Å². The topological polar surface area (TPSA) is 31.0 Å². The van der Waals surface area contributed by atoms with Crippen molar-refractivity contribution in [2.75, 3.05) is 6.61 Å². The maximum Gasteiger partial charge on any atom is 0.220 e. The van der Waals surface area contributed by atoms with Crippen molar-refractivity contribution in [1.29, 1.82) is 0 Å². The third-order valence-electron chi connectivity index (χ3n) is 2.58. The van der Waals surface area contributed by atoms with Gasteiger partial charge in [0.25, 0.3) is 0 Å². The van der Waals surface area contributed by atoms with Crippen LogP contribution in [0.5, 0.6) is 0 Å². The first-order valence-corrected chi connectivity index (χ1v) is 4.18. The molecule has 3 nitrogen and oxygen atoms in total. The van der Waals surface area contributed by atoms with Crippen LogP contribution in [-0.4, -0.2) is 32.3 Å². The molecule has 2 heterocycles. The average molecular weight is 174 g/mol. The molecule has 2 fully saturated rings. The number of ether oxygens (including phenoxy) is 2. The van der Waals surface area contributed by atoms with E-state index in [4.69, 9.17) is 13.7 Å². The van der Waals surface area contributed by atoms with Gasteiger partial charge in [0.05, 0.1) is 0 Å². The van der Waals surface area contributed by atoms with Crippen LogP contribution in [0.4, 0.5) is 0 Å². The zero-order chi connectivity index (χ0) is 8.06. The molecule has 0 saturated carbocycles. The van der Waals surface area contributed by atoms with Gasteiger partial charge in [-0.1, -0.05) is 6.92 Å². The van der Waals surface area contributed by atoms with Gasteiger partial charge in [0.15, 0.2) is 0 Å². The molecule has 1 spiro atoms. The van der Waals surface area contributed by atoms with E-state index in [0.29, 0.717) is 12.5 Å². The van der Waals surface area contributed by atoms with E-state index in [2.05, 4.69) is 19.8 Å². The van der Waals surface area contributed by atoms with Crippen LogP contribution in [0.2, 0.25) is 0 Å². The molecule has 62 valence electrons. The lowest BCUT2D eigenvalue weighted by molar-refractivity contribution is -0.0492. The average Bonchev–Trinajstić information content (AvgIpc) is 2.65. The second-order valence-corrected chi connectivity index (χ2v) is 3.52. The lowest BCUT2D eigenvalue weighted by atomic mass is 9.86. The summed E-state index contributed by atoms with van der Waals surface area (Å²) in [6, 6.07) is 0.203. The van der Waals surface area contributed by atoms with Crippen LogP contribution in [0.25, 0.3) is 0 Å². The van der Waals surface area contributed by atoms with Gasteiger partial charge in [-0.2, -0.15) is 0 Å². The number of hydrogen-bond donors (Lipinski definition) is 1. The Morgan fingerprint density at radius 1 is 1.73 bits per heavy atom. The molecule has 4 unspecified atom stereocenters. The fraction of sp³-hybridized carbons (Fsp3) is 1.00. The summed E-state index contributed by atoms with van der Waals surface area (Å²) in [4.78, 5) is 0. The van der Waals surface area contributed by atoms with Gasteiger partial charge in [-0.15, -0.1) is 0 Å². The molecule has 0 aromatic carbocycles. The Morgan fingerprint density at radius 3 is 2.73 bits per heavy atom. The van der Waals surface area contributed by atoms with Crippen molar-refractivity contribution in [3.63, 3.8) is 0 Å². The van der Waals surface area contributed by atoms with Gasteiger partial charge in [0, 0.05) is 11.9 Å². The van der Waals surface area contributed by atoms with Gasteiger partial charge >= 0.3 is 0 Å². The molecule has 2 aliphatic heterocycles. The van der Waals surface area contributed by atoms with E-state index < -0.39 is 5.79 Å². The first-order valence-electron chi connectivity index (χ1n) is 3.81. The Bertz CT molecular complexity index is 173. The molecule has 2 rings (SSSR count). The third kappa shape index (κ3) is 1.02. The molecular weight excluding hydrogens is 163 g/mol. The summed E-state index contributed by atoms with van der Waals surface area (Å²) in [7, 11) is 2.03. The van der Waals surface area contributed by atoms with Gasteiger partial charge < -0.3 is 13.7 Å². The van der Waals surface area contributed by atoms with E-state index in [0.717, 1.165) is 0 Å². The molecule has 4 atom stereocenters. The van der Waals surface area contributed by atoms with E-state index in [1.807, 2.05) is 7.85 Å². The number of rotatable bonds is 1. The van der Waals surface area contributed by atoms with Crippen LogP contribution in [0, 0.1) is 5.92 Å². The first-order chi connectivity index (χ1) is 5.19. The van der Waals surface area contributed by atoms with Crippen molar-refractivity contribution >= 4 is 20.8 Å². The van der Waals surface area contributed by atoms with Gasteiger partial charge in [0.1, 0.15) is 20.6 Å². The fourth-order valence-corrected chi connectivity index (χ4v) is 1.97. The Morgan fingerprint density at radius 2 is 2.36 bits per heavy atom. The summed E-state index contributed by atoms with van der Waals surface area (Å²) in [5, 5.41) is 0. The van der Waals surface area contributed by atoms with E-state index in [1.54, 1.807) is 0 Å². The van der Waals surface area contributed by atoms with E-state index >= 15 is 0 Å². The molecule has 0 radical (unpaired) electrons. The van der Waals surface area contributed by atoms with Crippen LogP contribution >= 0.6 is 12.9 Å². The molecule has 0 aromatic rings. The summed E-state index contributed by atoms with van der Waals surface area (Å²) in [6.45, 7) is 2.73. The highest BCUT2D eigenvalue weighted by Crippen LogP contribution is 2.45. The largest absolute Gasteiger partial charge is 0.351 e. The molecule has 2 saturated heterocycles. The van der Waals surface area contributed by atoms with Crippen molar-refractivity contribution < 1.29 is 13.7 Å². The minimum atomic E-state index is -0.444. The molecule has 0 amide bonds. The second kappa shape index (κ2) is 2.39. The normalized spacial score (nSPS) is 55.3. The smallest absolute Gasteiger partial charge is 0.220 e. The van der Waals surface area contributed by atoms with Crippen LogP contribution in [-0.2, 0) is 13.7 Å². The van der Waals surface area contributed by atoms with Crippen molar-refractivity contribution in [2.24, 2.45) is 5.92 Å². The van der Waals surface area contributed by atoms with Crippen molar-refractivity contribution in [2.45, 2.75) is 24.8 Å². The molecular formula is C6H11BO3S. The third-order valence-corrected chi connectivity index (χ3v) is 2.81. The number of thiol groups is 1. The maximum atomic E-state index is 5.58. The van der Waals surface area contributed by atoms with Crippen LogP contribution in [0.1, 0.15) is 6.92 Å². The van der Waals surface area contributed by atoms with E-state index in [1.165, 1.54) is 0 Å². The number of epoxide rings is 1. The molecule has 5 heteroatoms. The zero-order valence-corrected chi connectivity index (χ0v) is 7.51. The molecule has 0 aliphatic carbocycles. The second-order valence-electron chi connectivity index (χ2n) is 3.31. The molecule has 11 heavy (non-hydrogen) atoms. The molecule has 0 bridgehead atoms. The van der Waals surface area contributed by atoms with E-state index in [-0.39, 0.29) is 12.1 Å². The van der Waals surface area contributed by atoms with Gasteiger partial charge in [0.2, 0.25) is 5.79 Å². The zero-order valence-electron chi connectivity index (χ0n) is 6.61. The predicted molar refractivity (Wildman–Crippen MR) is 45.1 cm³/mol. The quantitative estimate of drug-likeness (QED) is 0.253. The van der Waals surface area contributed by atoms with Crippen LogP contribution in [0.15, 0.2) is 0 Å². The van der Waals surface area contributed by atoms with Crippen LogP contribution in [0.3, 0.4) is 0 Å². The summed E-state index contributed by atoms with van der Waals surface area (Å²) in [5.74, 6) is -0.0874. The van der Waals surface area contributed by atoms with Crippen molar-refractivity contribution in [3.05, 3.63) is 0 Å². The van der Waals surface area contributed by atoms with E-state index in [9.17, 15) is 0 Å². The highest BCUT2D eigenvalue weighted by Gasteiger charge is 2.62. The fourth-order valence-electron chi connectivity index (χ4n) is 1.62. The summed E-state index contributed by atoms with van der Waals surface area (Å²) in [6.07, 6.45) is -0.0131. The van der Waals surface area contributed by atoms with Crippen LogP contribution < -0.4 is 0 Å². The summed E-state index contributed by atoms with van der Waals surface area (Å²) in [5.41, 5.74) is 0. The van der Waals surface area contributed by atoms with Gasteiger partial charge in [-0.3, -0.25) is 0 Å². The Labute approximate surface area is 72.4 Å². The molecule has 0 aromatic heterocycles. The molecule has 0 N–H and O–H groups in total. The standard InChI is InChI=1S/C6H11BO3S/c1-3-4(10-11)6(2-8-6)9-5(3)7/h3-5,11H,2,7H2,1H3. The Hall–Kier alpha value is 0.295. The van der Waals surface area contributed by atoms with Gasteiger partial charge in [-0.05, 0) is 12.9 Å². The van der Waals surface area contributed by atoms with Crippen molar-refractivity contribution in [1.82, 2.24) is 0 Å². The lowest BCUT2D eigenvalue weighted by Crippen LogP contribution is -2.29. The first kappa shape index (κ1) is 7.92. The Balaban J connectivity index is 2.14. The summed E-state index contributed by atoms with van der Waals surface area (Å²) >= 11 is 3.81. The maximum absolute atomic E-state index is 5.58. The lowest BCUT2D eigenvalue weighted by Gasteiger charge is -2.13. The predicted octanol–water partition coefficient (Wildman–Crippen LogP) is -0.432. The minimum absolute atomic E-state index is 0.0131. The summed E-state index contributed by atoms with van der Waals surface area (Å²) < 4.78 is 15.8. The highest BCUT2D eigenvalue weighted by molar-refractivity contribution is 7.75. The molecule has 2 aliphatic rings. The Kier molecular flexibility index (Phi) is 1.72. The minimum Gasteiger partial charge on any atom is -0.351 e. The van der Waals surface area contributed by atoms with Gasteiger partial charge in [-0.25, -0.2) is 0 Å². The number of hydrogen-bond acceptors (Lipinski definition) is 4. The SMILES string of the molecule is BC1OC2(CO2)C(OS)C1C. The monoisotopic (exact) mass is 174 g/mol. The highest BCUT2D eigenvalue weighted by atomic mass is 32.1.